The molecular weight excluding hydrogens is 270 g/mol. The Labute approximate surface area is 123 Å². The minimum atomic E-state index is -0.403. The summed E-state index contributed by atoms with van der Waals surface area (Å²) in [6, 6.07) is 6.61. The summed E-state index contributed by atoms with van der Waals surface area (Å²) in [7, 11) is 0. The SMILES string of the molecule is CCCN(CCO)c1cc(C)nc2ccc([N+](=O)[O-])cc12. The van der Waals surface area contributed by atoms with Crippen LogP contribution in [0.5, 0.6) is 0 Å². The molecule has 2 aromatic rings. The molecule has 2 rings (SSSR count). The van der Waals surface area contributed by atoms with Crippen molar-refractivity contribution in [2.75, 3.05) is 24.6 Å². The highest BCUT2D eigenvalue weighted by atomic mass is 16.6. The second-order valence-corrected chi connectivity index (χ2v) is 4.95. The summed E-state index contributed by atoms with van der Waals surface area (Å²) >= 11 is 0. The second kappa shape index (κ2) is 6.49. The van der Waals surface area contributed by atoms with Gasteiger partial charge in [0.05, 0.1) is 17.0 Å². The zero-order valence-corrected chi connectivity index (χ0v) is 12.2. The number of nitrogens with zero attached hydrogens (tertiary/aromatic N) is 3. The highest BCUT2D eigenvalue weighted by molar-refractivity contribution is 5.93. The van der Waals surface area contributed by atoms with E-state index in [2.05, 4.69) is 11.9 Å². The fourth-order valence-electron chi connectivity index (χ4n) is 2.44. The summed E-state index contributed by atoms with van der Waals surface area (Å²) in [5.74, 6) is 0. The number of nitro benzene ring substituents is 1. The first-order valence-corrected chi connectivity index (χ1v) is 6.98. The van der Waals surface area contributed by atoms with E-state index in [-0.39, 0.29) is 12.3 Å². The lowest BCUT2D eigenvalue weighted by Gasteiger charge is -2.25. The van der Waals surface area contributed by atoms with Gasteiger partial charge in [-0.1, -0.05) is 6.92 Å². The number of fused-ring (bicyclic) bond motifs is 1. The van der Waals surface area contributed by atoms with Crippen LogP contribution in [0, 0.1) is 17.0 Å². The number of aliphatic hydroxyl groups excluding tert-OH is 1. The molecule has 0 aliphatic carbocycles. The van der Waals surface area contributed by atoms with E-state index in [0.717, 1.165) is 35.2 Å². The Bertz CT molecular complexity index is 652. The Hall–Kier alpha value is -2.21. The lowest BCUT2D eigenvalue weighted by Crippen LogP contribution is -2.27. The molecule has 1 aromatic heterocycles. The third kappa shape index (κ3) is 3.28. The van der Waals surface area contributed by atoms with Gasteiger partial charge in [0, 0.05) is 42.0 Å². The molecule has 6 nitrogen and oxygen atoms in total. The Morgan fingerprint density at radius 1 is 1.33 bits per heavy atom. The molecule has 0 atom stereocenters. The van der Waals surface area contributed by atoms with Crippen LogP contribution in [-0.4, -0.2) is 34.7 Å². The van der Waals surface area contributed by atoms with Gasteiger partial charge in [-0.3, -0.25) is 15.1 Å². The van der Waals surface area contributed by atoms with Gasteiger partial charge in [0.15, 0.2) is 0 Å². The van der Waals surface area contributed by atoms with Crippen molar-refractivity contribution in [2.45, 2.75) is 20.3 Å². The van der Waals surface area contributed by atoms with Crippen LogP contribution in [0.3, 0.4) is 0 Å². The lowest BCUT2D eigenvalue weighted by atomic mass is 10.1. The highest BCUT2D eigenvalue weighted by Gasteiger charge is 2.14. The Balaban J connectivity index is 2.63. The molecule has 0 bridgehead atoms. The summed E-state index contributed by atoms with van der Waals surface area (Å²) in [6.07, 6.45) is 0.928. The van der Waals surface area contributed by atoms with Gasteiger partial charge in [-0.05, 0) is 25.5 Å². The third-order valence-corrected chi connectivity index (χ3v) is 3.31. The maximum Gasteiger partial charge on any atom is 0.270 e. The number of anilines is 1. The number of aliphatic hydroxyl groups is 1. The summed E-state index contributed by atoms with van der Waals surface area (Å²) in [5.41, 5.74) is 2.52. The second-order valence-electron chi connectivity index (χ2n) is 4.95. The standard InChI is InChI=1S/C15H19N3O3/c1-3-6-17(7-8-19)15-9-11(2)16-14-5-4-12(18(20)21)10-13(14)15/h4-5,9-10,19H,3,6-8H2,1-2H3. The molecule has 0 amide bonds. The van der Waals surface area contributed by atoms with Crippen LogP contribution in [-0.2, 0) is 0 Å². The number of aromatic nitrogens is 1. The number of hydrogen-bond donors (Lipinski definition) is 1. The average molecular weight is 289 g/mol. The van der Waals surface area contributed by atoms with E-state index in [0.29, 0.717) is 6.54 Å². The van der Waals surface area contributed by atoms with Crippen molar-refractivity contribution < 1.29 is 10.0 Å². The molecule has 0 radical (unpaired) electrons. The first-order chi connectivity index (χ1) is 10.1. The molecule has 0 unspecified atom stereocenters. The molecule has 1 N–H and O–H groups in total. The number of aryl methyl sites for hydroxylation is 1. The number of rotatable bonds is 6. The average Bonchev–Trinajstić information content (AvgIpc) is 2.45. The predicted octanol–water partition coefficient (Wildman–Crippen LogP) is 2.66. The van der Waals surface area contributed by atoms with Crippen LogP contribution in [0.4, 0.5) is 11.4 Å². The zero-order valence-electron chi connectivity index (χ0n) is 12.2. The molecular formula is C15H19N3O3. The zero-order chi connectivity index (χ0) is 15.4. The van der Waals surface area contributed by atoms with Crippen LogP contribution < -0.4 is 4.90 Å². The lowest BCUT2D eigenvalue weighted by molar-refractivity contribution is -0.384. The van der Waals surface area contributed by atoms with Crippen molar-refractivity contribution in [1.82, 2.24) is 4.98 Å². The van der Waals surface area contributed by atoms with Crippen LogP contribution in [0.2, 0.25) is 0 Å². The van der Waals surface area contributed by atoms with Crippen LogP contribution >= 0.6 is 0 Å². The minimum absolute atomic E-state index is 0.0395. The fraction of sp³-hybridized carbons (Fsp3) is 0.400. The summed E-state index contributed by atoms with van der Waals surface area (Å²) in [5, 5.41) is 21.0. The van der Waals surface area contributed by atoms with Crippen LogP contribution in [0.1, 0.15) is 19.0 Å². The predicted molar refractivity (Wildman–Crippen MR) is 82.7 cm³/mol. The minimum Gasteiger partial charge on any atom is -0.395 e. The number of nitro groups is 1. The van der Waals surface area contributed by atoms with Gasteiger partial charge >= 0.3 is 0 Å². The van der Waals surface area contributed by atoms with Crippen LogP contribution in [0.25, 0.3) is 10.9 Å². The smallest absolute Gasteiger partial charge is 0.270 e. The van der Waals surface area contributed by atoms with Gasteiger partial charge in [-0.25, -0.2) is 0 Å². The van der Waals surface area contributed by atoms with E-state index in [4.69, 9.17) is 0 Å². The first-order valence-electron chi connectivity index (χ1n) is 6.98. The van der Waals surface area contributed by atoms with Crippen molar-refractivity contribution >= 4 is 22.3 Å². The topological polar surface area (TPSA) is 79.5 Å². The number of pyridine rings is 1. The fourth-order valence-corrected chi connectivity index (χ4v) is 2.44. The molecule has 0 saturated heterocycles. The summed E-state index contributed by atoms with van der Waals surface area (Å²) in [4.78, 5) is 17.0. The quantitative estimate of drug-likeness (QED) is 0.653. The molecule has 112 valence electrons. The van der Waals surface area contributed by atoms with Gasteiger partial charge < -0.3 is 10.0 Å². The van der Waals surface area contributed by atoms with Crippen molar-refractivity contribution in [3.63, 3.8) is 0 Å². The van der Waals surface area contributed by atoms with Crippen molar-refractivity contribution in [1.29, 1.82) is 0 Å². The molecule has 0 aliphatic rings. The molecule has 1 heterocycles. The van der Waals surface area contributed by atoms with E-state index >= 15 is 0 Å². The molecule has 0 aliphatic heterocycles. The maximum absolute atomic E-state index is 11.0. The maximum atomic E-state index is 11.0. The Morgan fingerprint density at radius 3 is 2.71 bits per heavy atom. The van der Waals surface area contributed by atoms with Gasteiger partial charge in [-0.15, -0.1) is 0 Å². The van der Waals surface area contributed by atoms with E-state index < -0.39 is 4.92 Å². The molecule has 0 fully saturated rings. The monoisotopic (exact) mass is 289 g/mol. The van der Waals surface area contributed by atoms with Gasteiger partial charge in [0.2, 0.25) is 0 Å². The van der Waals surface area contributed by atoms with E-state index in [1.54, 1.807) is 12.1 Å². The van der Waals surface area contributed by atoms with Gasteiger partial charge in [0.25, 0.3) is 5.69 Å². The Kier molecular flexibility index (Phi) is 4.70. The molecule has 21 heavy (non-hydrogen) atoms. The van der Waals surface area contributed by atoms with Gasteiger partial charge in [-0.2, -0.15) is 0 Å². The normalized spacial score (nSPS) is 10.8. The largest absolute Gasteiger partial charge is 0.395 e. The van der Waals surface area contributed by atoms with E-state index in [1.807, 2.05) is 17.9 Å². The Morgan fingerprint density at radius 2 is 2.10 bits per heavy atom. The number of benzene rings is 1. The number of non-ortho nitro benzene ring substituents is 1. The molecule has 0 saturated carbocycles. The van der Waals surface area contributed by atoms with Crippen molar-refractivity contribution in [3.05, 3.63) is 40.1 Å². The molecule has 0 spiro atoms. The molecule has 6 heteroatoms. The number of hydrogen-bond acceptors (Lipinski definition) is 5. The van der Waals surface area contributed by atoms with E-state index in [1.165, 1.54) is 6.07 Å². The van der Waals surface area contributed by atoms with E-state index in [9.17, 15) is 15.2 Å². The summed E-state index contributed by atoms with van der Waals surface area (Å²) in [6.45, 7) is 5.27. The summed E-state index contributed by atoms with van der Waals surface area (Å²) < 4.78 is 0. The van der Waals surface area contributed by atoms with Crippen molar-refractivity contribution in [3.8, 4) is 0 Å². The molecule has 1 aromatic carbocycles. The highest BCUT2D eigenvalue weighted by Crippen LogP contribution is 2.30. The van der Waals surface area contributed by atoms with Crippen molar-refractivity contribution in [2.24, 2.45) is 0 Å². The third-order valence-electron chi connectivity index (χ3n) is 3.31. The van der Waals surface area contributed by atoms with Crippen LogP contribution in [0.15, 0.2) is 24.3 Å². The first kappa shape index (κ1) is 15.2. The van der Waals surface area contributed by atoms with Gasteiger partial charge in [0.1, 0.15) is 0 Å².